The van der Waals surface area contributed by atoms with Crippen molar-refractivity contribution in [2.45, 2.75) is 0 Å². The van der Waals surface area contributed by atoms with Crippen LogP contribution < -0.4 is 5.73 Å². The van der Waals surface area contributed by atoms with Gasteiger partial charge in [0, 0.05) is 16.9 Å². The molecule has 0 aliphatic carbocycles. The first-order valence-electron chi connectivity index (χ1n) is 2.37. The molecule has 0 fully saturated rings. The highest BCUT2D eigenvalue weighted by molar-refractivity contribution is 8.26. The van der Waals surface area contributed by atoms with Gasteiger partial charge in [-0.2, -0.15) is 0 Å². The van der Waals surface area contributed by atoms with E-state index < -0.39 is 10.7 Å². The molecule has 2 N–H and O–H groups in total. The second-order valence-electron chi connectivity index (χ2n) is 1.41. The van der Waals surface area contributed by atoms with Crippen LogP contribution in [0.2, 0.25) is 0 Å². The Morgan fingerprint density at radius 1 is 1.56 bits per heavy atom. The summed E-state index contributed by atoms with van der Waals surface area (Å²) < 4.78 is 3.81. The fraction of sp³-hybridized carbons (Fsp3) is 0. The van der Waals surface area contributed by atoms with Crippen LogP contribution in [0.1, 0.15) is 0 Å². The molecular formula is C5H6N2OS. The Kier molecular flexibility index (Phi) is 1.79. The largest absolute Gasteiger partial charge is 0.359 e. The summed E-state index contributed by atoms with van der Waals surface area (Å²) in [4.78, 5) is 10.4. The summed E-state index contributed by atoms with van der Waals surface area (Å²) in [5, 5.41) is 1.30. The molecule has 1 aliphatic rings. The molecule has 1 atom stereocenters. The lowest BCUT2D eigenvalue weighted by molar-refractivity contribution is 0.267. The van der Waals surface area contributed by atoms with Crippen molar-refractivity contribution in [2.24, 2.45) is 10.1 Å². The molecule has 0 saturated heterocycles. The lowest BCUT2D eigenvalue weighted by Gasteiger charge is -1.95. The second-order valence-corrected chi connectivity index (χ2v) is 2.92. The van der Waals surface area contributed by atoms with Crippen LogP contribution in [0.4, 0.5) is 4.79 Å². The van der Waals surface area contributed by atoms with Crippen molar-refractivity contribution in [3.05, 3.63) is 12.2 Å². The molecule has 1 unspecified atom stereocenters. The number of carbonyl (C=O) groups excluding carboxylic acids is 1. The minimum atomic E-state index is -0.700. The molecule has 1 amide bonds. The lowest BCUT2D eigenvalue weighted by atomic mass is 10.6. The molecule has 0 radical (unpaired) electrons. The van der Waals surface area contributed by atoms with Gasteiger partial charge in [0.1, 0.15) is 0 Å². The molecule has 4 heteroatoms. The lowest BCUT2D eigenvalue weighted by Crippen LogP contribution is -2.04. The molecule has 0 saturated carbocycles. The number of nitrogens with two attached hydrogens (primary N) is 1. The molecule has 1 aliphatic heterocycles. The Balaban J connectivity index is 2.84. The topological polar surface area (TPSA) is 55.5 Å². The molecule has 1 heterocycles. The van der Waals surface area contributed by atoms with E-state index in [0.717, 1.165) is 0 Å². The van der Waals surface area contributed by atoms with Gasteiger partial charge >= 0.3 is 0 Å². The Hall–Kier alpha value is -0.900. The van der Waals surface area contributed by atoms with Crippen molar-refractivity contribution >= 4 is 27.5 Å². The molecule has 0 aromatic heterocycles. The highest BCUT2D eigenvalue weighted by atomic mass is 32.2. The zero-order valence-electron chi connectivity index (χ0n) is 4.65. The third-order valence-electron chi connectivity index (χ3n) is 0.785. The zero-order valence-corrected chi connectivity index (χ0v) is 5.47. The average molecular weight is 142 g/mol. The zero-order chi connectivity index (χ0) is 6.69. The number of primary amides is 1. The van der Waals surface area contributed by atoms with Crippen LogP contribution in [0.25, 0.3) is 0 Å². The molecule has 0 aromatic rings. The summed E-state index contributed by atoms with van der Waals surface area (Å²) in [5.74, 6) is 0. The van der Waals surface area contributed by atoms with Crippen LogP contribution in [0.5, 0.6) is 0 Å². The fourth-order valence-electron chi connectivity index (χ4n) is 0.424. The van der Waals surface area contributed by atoms with E-state index in [1.165, 1.54) is 0 Å². The molecule has 3 nitrogen and oxygen atoms in total. The third kappa shape index (κ3) is 1.50. The minimum Gasteiger partial charge on any atom is -0.359 e. The highest BCUT2D eigenvalue weighted by Gasteiger charge is 1.97. The van der Waals surface area contributed by atoms with Gasteiger partial charge in [-0.05, 0) is 11.4 Å². The third-order valence-corrected chi connectivity index (χ3v) is 1.96. The van der Waals surface area contributed by atoms with Gasteiger partial charge in [-0.25, -0.2) is 4.40 Å². The maximum atomic E-state index is 10.4. The first kappa shape index (κ1) is 6.22. The van der Waals surface area contributed by atoms with E-state index in [9.17, 15) is 4.79 Å². The number of amides is 1. The van der Waals surface area contributed by atoms with Gasteiger partial charge in [0.2, 0.25) is 0 Å². The number of rotatable bonds is 0. The summed E-state index contributed by atoms with van der Waals surface area (Å²) in [7, 11) is -0.700. The van der Waals surface area contributed by atoms with E-state index in [0.29, 0.717) is 0 Å². The summed E-state index contributed by atoms with van der Waals surface area (Å²) in [5.41, 5.74) is 4.96. The normalized spacial score (nSPS) is 23.3. The SMILES string of the molecule is NC(=O)S1=CC=CC=N1. The molecule has 1 rings (SSSR count). The van der Waals surface area contributed by atoms with E-state index in [1.807, 2.05) is 0 Å². The van der Waals surface area contributed by atoms with Crippen molar-refractivity contribution in [1.29, 1.82) is 0 Å². The van der Waals surface area contributed by atoms with Crippen molar-refractivity contribution in [3.8, 4) is 0 Å². The summed E-state index contributed by atoms with van der Waals surface area (Å²) in [6, 6.07) is 0. The van der Waals surface area contributed by atoms with Crippen molar-refractivity contribution in [2.75, 3.05) is 0 Å². The van der Waals surface area contributed by atoms with E-state index in [1.54, 1.807) is 23.7 Å². The summed E-state index contributed by atoms with van der Waals surface area (Å²) in [6.45, 7) is 0. The van der Waals surface area contributed by atoms with Gasteiger partial charge in [0.15, 0.2) is 0 Å². The first-order chi connectivity index (χ1) is 4.30. The van der Waals surface area contributed by atoms with Crippen LogP contribution in [-0.2, 0) is 0 Å². The predicted molar refractivity (Wildman–Crippen MR) is 40.9 cm³/mol. The highest BCUT2D eigenvalue weighted by Crippen LogP contribution is 2.13. The van der Waals surface area contributed by atoms with Gasteiger partial charge in [-0.3, -0.25) is 4.79 Å². The van der Waals surface area contributed by atoms with Gasteiger partial charge in [0.05, 0.1) is 0 Å². The van der Waals surface area contributed by atoms with Crippen molar-refractivity contribution in [3.63, 3.8) is 0 Å². The molecule has 0 aromatic carbocycles. The van der Waals surface area contributed by atoms with Crippen LogP contribution in [0.3, 0.4) is 0 Å². The van der Waals surface area contributed by atoms with Gasteiger partial charge < -0.3 is 5.73 Å². The van der Waals surface area contributed by atoms with Crippen molar-refractivity contribution < 1.29 is 4.79 Å². The second kappa shape index (κ2) is 2.59. The van der Waals surface area contributed by atoms with E-state index in [-0.39, 0.29) is 5.24 Å². The number of carbonyl (C=O) groups is 1. The van der Waals surface area contributed by atoms with E-state index >= 15 is 0 Å². The Labute approximate surface area is 55.3 Å². The first-order valence-corrected chi connectivity index (χ1v) is 3.62. The van der Waals surface area contributed by atoms with Gasteiger partial charge in [0.25, 0.3) is 5.24 Å². The van der Waals surface area contributed by atoms with Crippen molar-refractivity contribution in [1.82, 2.24) is 0 Å². The number of nitrogens with zero attached hydrogens (tertiary/aromatic N) is 1. The maximum absolute atomic E-state index is 10.4. The summed E-state index contributed by atoms with van der Waals surface area (Å²) in [6.07, 6.45) is 5.10. The van der Waals surface area contributed by atoms with Gasteiger partial charge in [-0.15, -0.1) is 0 Å². The predicted octanol–water partition coefficient (Wildman–Crippen LogP) is 0.692. The van der Waals surface area contributed by atoms with Crippen LogP contribution in [0, 0.1) is 0 Å². The maximum Gasteiger partial charge on any atom is 0.291 e. The standard InChI is InChI=1S/C5H6N2OS/c6-5(8)9-4-2-1-3-7-9/h1-4H,(H2,6,8). The number of hydrogen-bond acceptors (Lipinski definition) is 2. The van der Waals surface area contributed by atoms with Crippen LogP contribution in [-0.4, -0.2) is 16.8 Å². The monoisotopic (exact) mass is 142 g/mol. The Morgan fingerprint density at radius 3 is 2.67 bits per heavy atom. The molecule has 0 spiro atoms. The fourth-order valence-corrected chi connectivity index (χ4v) is 1.17. The molecule has 48 valence electrons. The van der Waals surface area contributed by atoms with E-state index in [2.05, 4.69) is 4.40 Å². The van der Waals surface area contributed by atoms with E-state index in [4.69, 9.17) is 5.73 Å². The minimum absolute atomic E-state index is 0.379. The Bertz CT molecular complexity index is 217. The number of hydrogen-bond donors (Lipinski definition) is 1. The van der Waals surface area contributed by atoms with Crippen LogP contribution >= 0.6 is 10.7 Å². The quantitative estimate of drug-likeness (QED) is 0.497. The molecular weight excluding hydrogens is 136 g/mol. The van der Waals surface area contributed by atoms with Gasteiger partial charge in [-0.1, -0.05) is 6.08 Å². The Morgan fingerprint density at radius 2 is 2.33 bits per heavy atom. The number of allylic oxidation sites excluding steroid dienone is 2. The smallest absolute Gasteiger partial charge is 0.291 e. The average Bonchev–Trinajstić information content (AvgIpc) is 1.90. The molecule has 0 bridgehead atoms. The molecule has 9 heavy (non-hydrogen) atoms. The van der Waals surface area contributed by atoms with Crippen LogP contribution in [0.15, 0.2) is 16.5 Å². The summed E-state index contributed by atoms with van der Waals surface area (Å²) >= 11 is 0.